The molecule has 0 saturated carbocycles. The van der Waals surface area contributed by atoms with Crippen LogP contribution in [0, 0.1) is 0 Å². The standard InChI is InChI=1S/C25H50N6O11/c1-10(32)31-16-19(35)22(12(8-28-2)39-24(16)37-6)42-25-15(30-4)18(34)21(13(40-25)9-29-3)41-23-14(27)17(33)20(36-5)11(7-26)38-23/h11-25,28-30,33-35H,7-9,26-27H2,1-6H3,(H,31,32). The van der Waals surface area contributed by atoms with Gasteiger partial charge in [0.25, 0.3) is 0 Å². The second-order valence-electron chi connectivity index (χ2n) is 10.7. The number of nitrogens with one attached hydrogen (secondary N) is 4. The third-order valence-electron chi connectivity index (χ3n) is 7.90. The molecule has 3 aliphatic heterocycles. The first-order chi connectivity index (χ1) is 20.1. The summed E-state index contributed by atoms with van der Waals surface area (Å²) in [5.41, 5.74) is 12.1. The van der Waals surface area contributed by atoms with E-state index in [2.05, 4.69) is 21.3 Å². The van der Waals surface area contributed by atoms with Crippen LogP contribution >= 0.6 is 0 Å². The molecule has 0 aliphatic carbocycles. The molecule has 3 aliphatic rings. The second-order valence-corrected chi connectivity index (χ2v) is 10.7. The van der Waals surface area contributed by atoms with Crippen molar-refractivity contribution in [3.05, 3.63) is 0 Å². The number of aliphatic hydroxyl groups is 3. The van der Waals surface area contributed by atoms with Crippen LogP contribution in [-0.2, 0) is 38.0 Å². The summed E-state index contributed by atoms with van der Waals surface area (Å²) in [6, 6.07) is -2.79. The molecule has 0 radical (unpaired) electrons. The van der Waals surface area contributed by atoms with E-state index in [0.717, 1.165) is 0 Å². The summed E-state index contributed by atoms with van der Waals surface area (Å²) in [5.74, 6) is -0.385. The highest BCUT2D eigenvalue weighted by Gasteiger charge is 2.53. The zero-order valence-corrected chi connectivity index (χ0v) is 25.0. The molecular formula is C25H50N6O11. The van der Waals surface area contributed by atoms with Crippen LogP contribution in [0.1, 0.15) is 6.92 Å². The molecule has 42 heavy (non-hydrogen) atoms. The molecule has 0 aromatic carbocycles. The normalized spacial score (nSPS) is 44.6. The van der Waals surface area contributed by atoms with Gasteiger partial charge in [0.1, 0.15) is 61.0 Å². The van der Waals surface area contributed by atoms with Crippen LogP contribution in [0.2, 0.25) is 0 Å². The Hall–Kier alpha value is -1.13. The molecular weight excluding hydrogens is 560 g/mol. The summed E-state index contributed by atoms with van der Waals surface area (Å²) >= 11 is 0. The van der Waals surface area contributed by atoms with Crippen molar-refractivity contribution in [2.75, 3.05) is 55.0 Å². The van der Waals surface area contributed by atoms with E-state index in [1.165, 1.54) is 21.1 Å². The molecule has 3 saturated heterocycles. The molecule has 0 spiro atoms. The van der Waals surface area contributed by atoms with Crippen LogP contribution in [0.15, 0.2) is 0 Å². The first-order valence-corrected chi connectivity index (χ1v) is 14.1. The van der Waals surface area contributed by atoms with Crippen molar-refractivity contribution < 1.29 is 53.3 Å². The van der Waals surface area contributed by atoms with Gasteiger partial charge in [0.05, 0.1) is 12.1 Å². The largest absolute Gasteiger partial charge is 0.388 e. The molecule has 0 bridgehead atoms. The molecule has 11 N–H and O–H groups in total. The molecule has 0 aromatic rings. The van der Waals surface area contributed by atoms with E-state index in [1.54, 1.807) is 21.1 Å². The lowest BCUT2D eigenvalue weighted by molar-refractivity contribution is -0.346. The topological polar surface area (TPSA) is 243 Å². The average molecular weight is 611 g/mol. The van der Waals surface area contributed by atoms with E-state index >= 15 is 0 Å². The van der Waals surface area contributed by atoms with Crippen LogP contribution in [-0.4, -0.2) is 168 Å². The molecule has 1 amide bonds. The minimum Gasteiger partial charge on any atom is -0.388 e. The fraction of sp³-hybridized carbons (Fsp3) is 0.960. The second kappa shape index (κ2) is 16.3. The Bertz CT molecular complexity index is 832. The zero-order chi connectivity index (χ0) is 31.1. The highest BCUT2D eigenvalue weighted by Crippen LogP contribution is 2.32. The summed E-state index contributed by atoms with van der Waals surface area (Å²) in [4.78, 5) is 11.9. The zero-order valence-electron chi connectivity index (χ0n) is 25.0. The van der Waals surface area contributed by atoms with Crippen LogP contribution in [0.25, 0.3) is 0 Å². The van der Waals surface area contributed by atoms with E-state index in [1.807, 2.05) is 0 Å². The van der Waals surface area contributed by atoms with Crippen molar-refractivity contribution >= 4 is 5.91 Å². The number of methoxy groups -OCH3 is 2. The van der Waals surface area contributed by atoms with Crippen LogP contribution in [0.4, 0.5) is 0 Å². The van der Waals surface area contributed by atoms with E-state index in [0.29, 0.717) is 0 Å². The fourth-order valence-corrected chi connectivity index (χ4v) is 5.77. The Morgan fingerprint density at radius 1 is 0.762 bits per heavy atom. The summed E-state index contributed by atoms with van der Waals surface area (Å²) < 4.78 is 41.5. The van der Waals surface area contributed by atoms with Crippen molar-refractivity contribution in [3.8, 4) is 0 Å². The van der Waals surface area contributed by atoms with E-state index in [9.17, 15) is 20.1 Å². The lowest BCUT2D eigenvalue weighted by Crippen LogP contribution is -2.70. The molecule has 0 aromatic heterocycles. The summed E-state index contributed by atoms with van der Waals surface area (Å²) in [6.07, 6.45) is -11.7. The molecule has 246 valence electrons. The quantitative estimate of drug-likeness (QED) is 0.0944. The van der Waals surface area contributed by atoms with Crippen LogP contribution in [0.3, 0.4) is 0 Å². The van der Waals surface area contributed by atoms with Crippen molar-refractivity contribution in [1.82, 2.24) is 21.3 Å². The first-order valence-electron chi connectivity index (χ1n) is 14.1. The van der Waals surface area contributed by atoms with Crippen LogP contribution in [0.5, 0.6) is 0 Å². The first kappa shape index (κ1) is 35.4. The number of aliphatic hydroxyl groups excluding tert-OH is 3. The highest BCUT2D eigenvalue weighted by molar-refractivity contribution is 5.73. The molecule has 17 heteroatoms. The molecule has 17 nitrogen and oxygen atoms in total. The molecule has 3 heterocycles. The van der Waals surface area contributed by atoms with Gasteiger partial charge in [-0.05, 0) is 21.1 Å². The summed E-state index contributed by atoms with van der Waals surface area (Å²) in [5, 5.41) is 45.3. The number of hydrogen-bond acceptors (Lipinski definition) is 16. The Balaban J connectivity index is 1.84. The van der Waals surface area contributed by atoms with Gasteiger partial charge in [0.15, 0.2) is 18.9 Å². The Morgan fingerprint density at radius 3 is 1.76 bits per heavy atom. The lowest BCUT2D eigenvalue weighted by Gasteiger charge is -2.50. The minimum absolute atomic E-state index is 0.0455. The van der Waals surface area contributed by atoms with Crippen molar-refractivity contribution in [3.63, 3.8) is 0 Å². The van der Waals surface area contributed by atoms with Gasteiger partial charge in [-0.2, -0.15) is 0 Å². The predicted molar refractivity (Wildman–Crippen MR) is 147 cm³/mol. The average Bonchev–Trinajstić information content (AvgIpc) is 2.96. The summed E-state index contributed by atoms with van der Waals surface area (Å²) in [7, 11) is 7.88. The molecule has 15 atom stereocenters. The maximum absolute atomic E-state index is 11.9. The number of hydrogen-bond donors (Lipinski definition) is 9. The minimum atomic E-state index is -1.25. The highest BCUT2D eigenvalue weighted by atomic mass is 16.7. The van der Waals surface area contributed by atoms with Gasteiger partial charge >= 0.3 is 0 Å². The SMILES string of the molecule is CNCC1OC(OC2C(CNC)OC(OC)C(NC(C)=O)C2O)C(NC)C(O)C1OC1OC(CN)C(OC)C(O)C1N. The smallest absolute Gasteiger partial charge is 0.217 e. The lowest BCUT2D eigenvalue weighted by atomic mass is 9.93. The number of carbonyl (C=O) groups is 1. The number of carbonyl (C=O) groups excluding carboxylic acids is 1. The Kier molecular flexibility index (Phi) is 13.7. The maximum atomic E-state index is 11.9. The molecule has 3 fully saturated rings. The van der Waals surface area contributed by atoms with Gasteiger partial charge in [-0.25, -0.2) is 0 Å². The Labute approximate surface area is 246 Å². The Morgan fingerprint density at radius 2 is 1.29 bits per heavy atom. The number of rotatable bonds is 13. The third-order valence-corrected chi connectivity index (χ3v) is 7.90. The van der Waals surface area contributed by atoms with Crippen molar-refractivity contribution in [1.29, 1.82) is 0 Å². The van der Waals surface area contributed by atoms with Crippen molar-refractivity contribution in [2.45, 2.75) is 98.9 Å². The number of likely N-dealkylation sites (N-methyl/N-ethyl adjacent to an activating group) is 3. The van der Waals surface area contributed by atoms with Crippen LogP contribution < -0.4 is 32.7 Å². The maximum Gasteiger partial charge on any atom is 0.217 e. The number of nitrogens with two attached hydrogens (primary N) is 2. The molecule has 3 rings (SSSR count). The summed E-state index contributed by atoms with van der Waals surface area (Å²) in [6.45, 7) is 1.88. The number of amides is 1. The van der Waals surface area contributed by atoms with Gasteiger partial charge in [-0.15, -0.1) is 0 Å². The monoisotopic (exact) mass is 610 g/mol. The predicted octanol–water partition coefficient (Wildman–Crippen LogP) is -5.51. The third kappa shape index (κ3) is 7.74. The van der Waals surface area contributed by atoms with Gasteiger partial charge in [0, 0.05) is 40.8 Å². The fourth-order valence-electron chi connectivity index (χ4n) is 5.77. The van der Waals surface area contributed by atoms with Gasteiger partial charge in [0.2, 0.25) is 5.91 Å². The van der Waals surface area contributed by atoms with Gasteiger partial charge < -0.3 is 81.2 Å². The van der Waals surface area contributed by atoms with E-state index in [-0.39, 0.29) is 25.5 Å². The van der Waals surface area contributed by atoms with E-state index < -0.39 is 91.9 Å². The van der Waals surface area contributed by atoms with E-state index in [4.69, 9.17) is 44.6 Å². The van der Waals surface area contributed by atoms with Crippen molar-refractivity contribution in [2.24, 2.45) is 11.5 Å². The molecule has 15 unspecified atom stereocenters. The number of ether oxygens (including phenoxy) is 7. The van der Waals surface area contributed by atoms with Gasteiger partial charge in [-0.1, -0.05) is 0 Å². The van der Waals surface area contributed by atoms with Gasteiger partial charge in [-0.3, -0.25) is 4.79 Å².